The molecule has 0 aliphatic rings. The fraction of sp³-hybridized carbons (Fsp3) is 0.529. The van der Waals surface area contributed by atoms with Crippen LogP contribution in [0.5, 0.6) is 0 Å². The maximum atomic E-state index is 12.0. The molecule has 0 bridgehead atoms. The number of aryl methyl sites for hydroxylation is 3. The minimum Gasteiger partial charge on any atom is -0.346 e. The van der Waals surface area contributed by atoms with E-state index in [1.54, 1.807) is 11.8 Å². The molecule has 122 valence electrons. The number of benzene rings is 1. The molecule has 0 fully saturated rings. The molecule has 0 heterocycles. The van der Waals surface area contributed by atoms with Crippen molar-refractivity contribution in [2.75, 3.05) is 23.4 Å². The number of thioether (sulfide) groups is 1. The van der Waals surface area contributed by atoms with Gasteiger partial charge in [-0.15, -0.1) is 0 Å². The predicted octanol–water partition coefficient (Wildman–Crippen LogP) is 3.06. The Labute approximate surface area is 137 Å². The normalized spacial score (nSPS) is 10.6. The van der Waals surface area contributed by atoms with Crippen molar-refractivity contribution in [2.45, 2.75) is 34.6 Å². The minimum atomic E-state index is -0.197. The van der Waals surface area contributed by atoms with Gasteiger partial charge in [-0.2, -0.15) is 11.8 Å². The third-order valence-corrected chi connectivity index (χ3v) is 4.44. The Bertz CT molecular complexity index is 518. The average molecular weight is 322 g/mol. The number of carbonyl (C=O) groups is 2. The highest BCUT2D eigenvalue weighted by molar-refractivity contribution is 7.99. The van der Waals surface area contributed by atoms with Crippen LogP contribution in [-0.2, 0) is 9.59 Å². The summed E-state index contributed by atoms with van der Waals surface area (Å²) in [5.41, 5.74) is 4.07. The Morgan fingerprint density at radius 1 is 1.09 bits per heavy atom. The number of nitrogens with one attached hydrogen (secondary N) is 2. The Morgan fingerprint density at radius 2 is 1.68 bits per heavy atom. The molecule has 1 aromatic rings. The number of carbonyl (C=O) groups excluding carboxylic acids is 2. The van der Waals surface area contributed by atoms with Crippen LogP contribution in [0, 0.1) is 26.7 Å². The maximum absolute atomic E-state index is 12.0. The highest BCUT2D eigenvalue weighted by Crippen LogP contribution is 2.21. The van der Waals surface area contributed by atoms with E-state index in [-0.39, 0.29) is 18.4 Å². The lowest BCUT2D eigenvalue weighted by Crippen LogP contribution is -2.34. The molecule has 22 heavy (non-hydrogen) atoms. The monoisotopic (exact) mass is 322 g/mol. The predicted molar refractivity (Wildman–Crippen MR) is 94.5 cm³/mol. The number of hydrogen-bond donors (Lipinski definition) is 2. The summed E-state index contributed by atoms with van der Waals surface area (Å²) in [6.07, 6.45) is 0. The molecule has 5 heteroatoms. The lowest BCUT2D eigenvalue weighted by Gasteiger charge is -2.13. The van der Waals surface area contributed by atoms with Crippen molar-refractivity contribution in [3.8, 4) is 0 Å². The second-order valence-electron chi connectivity index (χ2n) is 6.01. The van der Waals surface area contributed by atoms with Gasteiger partial charge in [-0.05, 0) is 43.6 Å². The van der Waals surface area contributed by atoms with Gasteiger partial charge in [-0.3, -0.25) is 9.59 Å². The molecule has 4 nitrogen and oxygen atoms in total. The minimum absolute atomic E-state index is 0.00777. The number of anilines is 1. The van der Waals surface area contributed by atoms with Crippen molar-refractivity contribution in [3.05, 3.63) is 28.8 Å². The molecule has 1 aromatic carbocycles. The van der Waals surface area contributed by atoms with E-state index in [9.17, 15) is 9.59 Å². The van der Waals surface area contributed by atoms with Crippen molar-refractivity contribution in [2.24, 2.45) is 5.92 Å². The first kappa shape index (κ1) is 18.6. The van der Waals surface area contributed by atoms with Gasteiger partial charge < -0.3 is 10.6 Å². The van der Waals surface area contributed by atoms with Crippen LogP contribution in [0.25, 0.3) is 0 Å². The summed E-state index contributed by atoms with van der Waals surface area (Å²) in [7, 11) is 0. The van der Waals surface area contributed by atoms with Gasteiger partial charge in [-0.1, -0.05) is 31.5 Å². The molecule has 2 N–H and O–H groups in total. The van der Waals surface area contributed by atoms with Crippen LogP contribution in [0.1, 0.15) is 30.5 Å². The van der Waals surface area contributed by atoms with Gasteiger partial charge in [0.2, 0.25) is 11.8 Å². The first-order valence-corrected chi connectivity index (χ1v) is 8.67. The van der Waals surface area contributed by atoms with Crippen LogP contribution in [0.2, 0.25) is 0 Å². The molecule has 2 amide bonds. The van der Waals surface area contributed by atoms with E-state index in [4.69, 9.17) is 0 Å². The maximum Gasteiger partial charge on any atom is 0.243 e. The molecule has 1 rings (SSSR count). The summed E-state index contributed by atoms with van der Waals surface area (Å²) in [6.45, 7) is 10.2. The van der Waals surface area contributed by atoms with E-state index < -0.39 is 0 Å². The standard InChI is InChI=1S/C17H26N2O2S/c1-11(2)9-22-10-16(21)18-8-15(20)19-17-13(4)6-12(3)7-14(17)5/h6-7,11H,8-10H2,1-5H3,(H,18,21)(H,19,20). The Kier molecular flexibility index (Phi) is 7.45. The van der Waals surface area contributed by atoms with E-state index in [2.05, 4.69) is 24.5 Å². The van der Waals surface area contributed by atoms with Crippen molar-refractivity contribution in [3.63, 3.8) is 0 Å². The topological polar surface area (TPSA) is 58.2 Å². The second-order valence-corrected chi connectivity index (χ2v) is 7.04. The molecular weight excluding hydrogens is 296 g/mol. The van der Waals surface area contributed by atoms with Gasteiger partial charge in [0.05, 0.1) is 12.3 Å². The number of amides is 2. The molecule has 0 spiro atoms. The van der Waals surface area contributed by atoms with Crippen LogP contribution in [0.4, 0.5) is 5.69 Å². The average Bonchev–Trinajstić information content (AvgIpc) is 2.40. The number of rotatable bonds is 7. The van der Waals surface area contributed by atoms with Crippen molar-refractivity contribution < 1.29 is 9.59 Å². The summed E-state index contributed by atoms with van der Waals surface area (Å²) in [5.74, 6) is 1.61. The molecule has 0 saturated heterocycles. The van der Waals surface area contributed by atoms with Gasteiger partial charge in [-0.25, -0.2) is 0 Å². The Balaban J connectivity index is 2.42. The Morgan fingerprint density at radius 3 is 2.23 bits per heavy atom. The lowest BCUT2D eigenvalue weighted by atomic mass is 10.1. The fourth-order valence-corrected chi connectivity index (χ4v) is 3.05. The zero-order chi connectivity index (χ0) is 16.7. The molecule has 0 aromatic heterocycles. The third-order valence-electron chi connectivity index (χ3n) is 3.07. The zero-order valence-corrected chi connectivity index (χ0v) is 14.9. The molecule has 0 aliphatic heterocycles. The lowest BCUT2D eigenvalue weighted by molar-refractivity contribution is -0.122. The van der Waals surface area contributed by atoms with Crippen LogP contribution >= 0.6 is 11.8 Å². The first-order valence-electron chi connectivity index (χ1n) is 7.51. The SMILES string of the molecule is Cc1cc(C)c(NC(=O)CNC(=O)CSCC(C)C)c(C)c1. The smallest absolute Gasteiger partial charge is 0.243 e. The number of hydrogen-bond acceptors (Lipinski definition) is 3. The summed E-state index contributed by atoms with van der Waals surface area (Å²) in [4.78, 5) is 23.6. The molecule has 0 radical (unpaired) electrons. The van der Waals surface area contributed by atoms with Gasteiger partial charge in [0.15, 0.2) is 0 Å². The van der Waals surface area contributed by atoms with Gasteiger partial charge >= 0.3 is 0 Å². The zero-order valence-electron chi connectivity index (χ0n) is 14.1. The van der Waals surface area contributed by atoms with Crippen molar-refractivity contribution in [1.82, 2.24) is 5.32 Å². The van der Waals surface area contributed by atoms with Crippen molar-refractivity contribution in [1.29, 1.82) is 0 Å². The molecular formula is C17H26N2O2S. The van der Waals surface area contributed by atoms with Crippen LogP contribution in [0.3, 0.4) is 0 Å². The first-order chi connectivity index (χ1) is 10.3. The molecule has 0 aliphatic carbocycles. The quantitative estimate of drug-likeness (QED) is 0.811. The second kappa shape index (κ2) is 8.83. The van der Waals surface area contributed by atoms with Crippen LogP contribution in [0.15, 0.2) is 12.1 Å². The van der Waals surface area contributed by atoms with E-state index in [0.29, 0.717) is 11.7 Å². The van der Waals surface area contributed by atoms with E-state index >= 15 is 0 Å². The van der Waals surface area contributed by atoms with Crippen molar-refractivity contribution >= 4 is 29.3 Å². The van der Waals surface area contributed by atoms with Gasteiger partial charge in [0, 0.05) is 5.69 Å². The van der Waals surface area contributed by atoms with E-state index in [1.807, 2.05) is 32.9 Å². The molecule has 0 atom stereocenters. The third kappa shape index (κ3) is 6.52. The summed E-state index contributed by atoms with van der Waals surface area (Å²) in [5, 5.41) is 5.53. The fourth-order valence-electron chi connectivity index (χ4n) is 2.18. The van der Waals surface area contributed by atoms with E-state index in [1.165, 1.54) is 5.56 Å². The highest BCUT2D eigenvalue weighted by Gasteiger charge is 2.10. The van der Waals surface area contributed by atoms with Gasteiger partial charge in [0.1, 0.15) is 0 Å². The van der Waals surface area contributed by atoms with Crippen LogP contribution < -0.4 is 10.6 Å². The summed E-state index contributed by atoms with van der Waals surface area (Å²) >= 11 is 1.59. The van der Waals surface area contributed by atoms with Gasteiger partial charge in [0.25, 0.3) is 0 Å². The highest BCUT2D eigenvalue weighted by atomic mass is 32.2. The molecule has 0 saturated carbocycles. The summed E-state index contributed by atoms with van der Waals surface area (Å²) in [6, 6.07) is 4.06. The summed E-state index contributed by atoms with van der Waals surface area (Å²) < 4.78 is 0. The molecule has 0 unspecified atom stereocenters. The van der Waals surface area contributed by atoms with Crippen LogP contribution in [-0.4, -0.2) is 29.9 Å². The van der Waals surface area contributed by atoms with E-state index in [0.717, 1.165) is 22.6 Å². The Hall–Kier alpha value is -1.49. The largest absolute Gasteiger partial charge is 0.346 e.